The van der Waals surface area contributed by atoms with E-state index in [4.69, 9.17) is 9.47 Å². The number of ether oxygens (including phenoxy) is 2. The highest BCUT2D eigenvalue weighted by Crippen LogP contribution is 2.27. The van der Waals surface area contributed by atoms with Crippen molar-refractivity contribution >= 4 is 0 Å². The van der Waals surface area contributed by atoms with E-state index in [0.29, 0.717) is 6.04 Å². The van der Waals surface area contributed by atoms with Crippen molar-refractivity contribution in [2.24, 2.45) is 5.92 Å². The second-order valence-electron chi connectivity index (χ2n) is 4.14. The Morgan fingerprint density at radius 3 is 2.29 bits per heavy atom. The highest BCUT2D eigenvalue weighted by Gasteiger charge is 2.21. The van der Waals surface area contributed by atoms with Crippen LogP contribution in [-0.4, -0.2) is 33.1 Å². The Morgan fingerprint density at radius 2 is 1.79 bits per heavy atom. The quantitative estimate of drug-likeness (QED) is 0.664. The molecule has 1 N–H and O–H groups in total. The molecule has 0 radical (unpaired) electrons. The van der Waals surface area contributed by atoms with Crippen LogP contribution in [0.15, 0.2) is 0 Å². The lowest BCUT2D eigenvalue weighted by Gasteiger charge is -2.23. The van der Waals surface area contributed by atoms with Crippen molar-refractivity contribution in [2.45, 2.75) is 44.9 Å². The Labute approximate surface area is 87.2 Å². The minimum atomic E-state index is -0.112. The molecule has 0 saturated heterocycles. The van der Waals surface area contributed by atoms with Gasteiger partial charge in [0.15, 0.2) is 6.29 Å². The first-order valence-electron chi connectivity index (χ1n) is 5.57. The Hall–Kier alpha value is -0.120. The van der Waals surface area contributed by atoms with E-state index in [-0.39, 0.29) is 6.29 Å². The molecule has 0 unspecified atom stereocenters. The molecule has 3 nitrogen and oxygen atoms in total. The van der Waals surface area contributed by atoms with Gasteiger partial charge in [-0.3, -0.25) is 0 Å². The summed E-state index contributed by atoms with van der Waals surface area (Å²) in [7, 11) is 3.35. The molecule has 0 aliphatic heterocycles. The lowest BCUT2D eigenvalue weighted by molar-refractivity contribution is -0.100. The summed E-state index contributed by atoms with van der Waals surface area (Å²) in [6.45, 7) is 3.04. The van der Waals surface area contributed by atoms with Crippen LogP contribution < -0.4 is 5.32 Å². The third kappa shape index (κ3) is 3.56. The third-order valence-electron chi connectivity index (χ3n) is 3.24. The van der Waals surface area contributed by atoms with Crippen molar-refractivity contribution in [2.75, 3.05) is 20.8 Å². The van der Waals surface area contributed by atoms with Crippen molar-refractivity contribution in [3.8, 4) is 0 Å². The average molecular weight is 201 g/mol. The SMILES string of the molecule is COC(CN[C@H](C)C1CCCC1)OC. The lowest BCUT2D eigenvalue weighted by atomic mass is 10.00. The van der Waals surface area contributed by atoms with Crippen molar-refractivity contribution < 1.29 is 9.47 Å². The Morgan fingerprint density at radius 1 is 1.21 bits per heavy atom. The maximum atomic E-state index is 5.13. The van der Waals surface area contributed by atoms with Gasteiger partial charge in [0.25, 0.3) is 0 Å². The van der Waals surface area contributed by atoms with Crippen molar-refractivity contribution in [1.82, 2.24) is 5.32 Å². The lowest BCUT2D eigenvalue weighted by Crippen LogP contribution is -2.39. The van der Waals surface area contributed by atoms with Crippen LogP contribution in [0.5, 0.6) is 0 Å². The molecule has 0 amide bonds. The van der Waals surface area contributed by atoms with E-state index in [2.05, 4.69) is 12.2 Å². The van der Waals surface area contributed by atoms with E-state index in [9.17, 15) is 0 Å². The number of rotatable bonds is 6. The van der Waals surface area contributed by atoms with E-state index in [1.165, 1.54) is 25.7 Å². The summed E-state index contributed by atoms with van der Waals surface area (Å²) in [5, 5.41) is 3.48. The first-order valence-corrected chi connectivity index (χ1v) is 5.57. The topological polar surface area (TPSA) is 30.5 Å². The number of hydrogen-bond donors (Lipinski definition) is 1. The second kappa shape index (κ2) is 6.38. The molecule has 14 heavy (non-hydrogen) atoms. The van der Waals surface area contributed by atoms with Crippen LogP contribution in [0.25, 0.3) is 0 Å². The van der Waals surface area contributed by atoms with Gasteiger partial charge >= 0.3 is 0 Å². The summed E-state index contributed by atoms with van der Waals surface area (Å²) in [6.07, 6.45) is 5.43. The van der Waals surface area contributed by atoms with Gasteiger partial charge in [0, 0.05) is 26.8 Å². The fraction of sp³-hybridized carbons (Fsp3) is 1.00. The van der Waals surface area contributed by atoms with E-state index in [1.54, 1.807) is 14.2 Å². The van der Waals surface area contributed by atoms with Crippen molar-refractivity contribution in [1.29, 1.82) is 0 Å². The van der Waals surface area contributed by atoms with Gasteiger partial charge in [-0.2, -0.15) is 0 Å². The van der Waals surface area contributed by atoms with Crippen LogP contribution in [0.2, 0.25) is 0 Å². The smallest absolute Gasteiger partial charge is 0.169 e. The second-order valence-corrected chi connectivity index (χ2v) is 4.14. The zero-order valence-corrected chi connectivity index (χ0v) is 9.58. The molecule has 0 heterocycles. The van der Waals surface area contributed by atoms with Crippen LogP contribution in [0, 0.1) is 5.92 Å². The zero-order chi connectivity index (χ0) is 10.4. The van der Waals surface area contributed by atoms with Gasteiger partial charge < -0.3 is 14.8 Å². The molecule has 1 aliphatic carbocycles. The molecule has 1 aliphatic rings. The Bertz CT molecular complexity index is 142. The molecule has 0 aromatic rings. The van der Waals surface area contributed by atoms with E-state index < -0.39 is 0 Å². The molecule has 0 bridgehead atoms. The van der Waals surface area contributed by atoms with E-state index in [1.807, 2.05) is 0 Å². The summed E-state index contributed by atoms with van der Waals surface area (Å²) in [5.41, 5.74) is 0. The molecule has 1 fully saturated rings. The first-order chi connectivity index (χ1) is 6.77. The van der Waals surface area contributed by atoms with Crippen molar-refractivity contribution in [3.63, 3.8) is 0 Å². The van der Waals surface area contributed by atoms with Crippen LogP contribution in [0.1, 0.15) is 32.6 Å². The predicted molar refractivity (Wildman–Crippen MR) is 57.2 cm³/mol. The minimum Gasteiger partial charge on any atom is -0.355 e. The summed E-state index contributed by atoms with van der Waals surface area (Å²) >= 11 is 0. The molecule has 0 aromatic carbocycles. The number of nitrogens with one attached hydrogen (secondary N) is 1. The van der Waals surface area contributed by atoms with Crippen LogP contribution in [0.3, 0.4) is 0 Å². The standard InChI is InChI=1S/C11H23NO2/c1-9(10-6-4-5-7-10)12-8-11(13-2)14-3/h9-12H,4-8H2,1-3H3/t9-/m1/s1. The monoisotopic (exact) mass is 201 g/mol. The molecule has 1 atom stereocenters. The van der Waals surface area contributed by atoms with Gasteiger partial charge in [-0.15, -0.1) is 0 Å². The first kappa shape index (κ1) is 12.0. The fourth-order valence-corrected chi connectivity index (χ4v) is 2.17. The Kier molecular flexibility index (Phi) is 5.45. The molecule has 0 aromatic heterocycles. The predicted octanol–water partition coefficient (Wildman–Crippen LogP) is 1.77. The van der Waals surface area contributed by atoms with E-state index >= 15 is 0 Å². The average Bonchev–Trinajstić information content (AvgIpc) is 2.72. The zero-order valence-electron chi connectivity index (χ0n) is 9.58. The maximum absolute atomic E-state index is 5.13. The van der Waals surface area contributed by atoms with Gasteiger partial charge in [0.2, 0.25) is 0 Å². The van der Waals surface area contributed by atoms with Gasteiger partial charge in [-0.1, -0.05) is 12.8 Å². The molecular formula is C11H23NO2. The van der Waals surface area contributed by atoms with Crippen LogP contribution in [0.4, 0.5) is 0 Å². The molecule has 1 rings (SSSR count). The third-order valence-corrected chi connectivity index (χ3v) is 3.24. The van der Waals surface area contributed by atoms with Gasteiger partial charge in [0.1, 0.15) is 0 Å². The molecule has 84 valence electrons. The van der Waals surface area contributed by atoms with E-state index in [0.717, 1.165) is 12.5 Å². The van der Waals surface area contributed by atoms with Crippen LogP contribution >= 0.6 is 0 Å². The highest BCUT2D eigenvalue weighted by molar-refractivity contribution is 4.77. The molecule has 0 spiro atoms. The fourth-order valence-electron chi connectivity index (χ4n) is 2.17. The molecular weight excluding hydrogens is 178 g/mol. The van der Waals surface area contributed by atoms with Gasteiger partial charge in [0.05, 0.1) is 0 Å². The van der Waals surface area contributed by atoms with Crippen molar-refractivity contribution in [3.05, 3.63) is 0 Å². The largest absolute Gasteiger partial charge is 0.355 e. The number of hydrogen-bond acceptors (Lipinski definition) is 3. The number of methoxy groups -OCH3 is 2. The van der Waals surface area contributed by atoms with Crippen LogP contribution in [-0.2, 0) is 9.47 Å². The van der Waals surface area contributed by atoms with Gasteiger partial charge in [-0.25, -0.2) is 0 Å². The van der Waals surface area contributed by atoms with Gasteiger partial charge in [-0.05, 0) is 25.7 Å². The molecule has 1 saturated carbocycles. The minimum absolute atomic E-state index is 0.112. The summed E-state index contributed by atoms with van der Waals surface area (Å²) in [4.78, 5) is 0. The Balaban J connectivity index is 2.15. The summed E-state index contributed by atoms with van der Waals surface area (Å²) < 4.78 is 10.3. The maximum Gasteiger partial charge on any atom is 0.169 e. The highest BCUT2D eigenvalue weighted by atomic mass is 16.7. The normalized spacial score (nSPS) is 20.6. The summed E-state index contributed by atoms with van der Waals surface area (Å²) in [6, 6.07) is 0.588. The summed E-state index contributed by atoms with van der Waals surface area (Å²) in [5.74, 6) is 0.851. The molecule has 3 heteroatoms.